The number of hydrogen-bond acceptors (Lipinski definition) is 5. The van der Waals surface area contributed by atoms with Crippen LogP contribution in [0.1, 0.15) is 0 Å². The maximum Gasteiger partial charge on any atom is 0.192 e. The van der Waals surface area contributed by atoms with E-state index in [-0.39, 0.29) is 0 Å². The monoisotopic (exact) mass is 358 g/mol. The number of nitrogens with zero attached hydrogens (tertiary/aromatic N) is 1. The predicted molar refractivity (Wildman–Crippen MR) is 104 cm³/mol. The van der Waals surface area contributed by atoms with Crippen molar-refractivity contribution in [2.75, 3.05) is 15.4 Å². The minimum atomic E-state index is 0.567. The van der Waals surface area contributed by atoms with Crippen LogP contribution < -0.4 is 15.4 Å². The molecular formula is C16H14N4S3. The lowest BCUT2D eigenvalue weighted by atomic mass is 10.3. The van der Waals surface area contributed by atoms with Crippen LogP contribution in [0.15, 0.2) is 71.1 Å². The Morgan fingerprint density at radius 2 is 1.65 bits per heavy atom. The van der Waals surface area contributed by atoms with Crippen molar-refractivity contribution in [3.05, 3.63) is 66.2 Å². The first-order valence-corrected chi connectivity index (χ1v) is 8.95. The first-order valence-electron chi connectivity index (χ1n) is 6.85. The summed E-state index contributed by atoms with van der Waals surface area (Å²) in [6.07, 6.45) is 1.78. The molecule has 1 aromatic heterocycles. The van der Waals surface area contributed by atoms with Crippen LogP contribution in [0.5, 0.6) is 0 Å². The Bertz CT molecular complexity index is 743. The Kier molecular flexibility index (Phi) is 5.46. The van der Waals surface area contributed by atoms with E-state index in [1.807, 2.05) is 60.0 Å². The number of aromatic nitrogens is 1. The summed E-state index contributed by atoms with van der Waals surface area (Å²) in [4.78, 5) is 5.28. The smallest absolute Gasteiger partial charge is 0.192 e. The second-order valence-corrected chi connectivity index (χ2v) is 6.69. The molecule has 0 spiro atoms. The zero-order valence-corrected chi connectivity index (χ0v) is 14.5. The summed E-state index contributed by atoms with van der Waals surface area (Å²) in [7, 11) is 0. The molecule has 1 heterocycles. The average molecular weight is 359 g/mol. The molecular weight excluding hydrogens is 344 g/mol. The van der Waals surface area contributed by atoms with Gasteiger partial charge in [-0.25, -0.2) is 4.98 Å². The fourth-order valence-electron chi connectivity index (χ4n) is 1.80. The molecule has 7 heteroatoms. The van der Waals surface area contributed by atoms with Crippen molar-refractivity contribution in [1.29, 1.82) is 0 Å². The van der Waals surface area contributed by atoms with Gasteiger partial charge in [0.2, 0.25) is 0 Å². The summed E-state index contributed by atoms with van der Waals surface area (Å²) in [5, 5.41) is 9.71. The molecule has 0 atom stereocenters. The summed E-state index contributed by atoms with van der Waals surface area (Å²) >= 11 is 8.41. The van der Waals surface area contributed by atoms with Crippen molar-refractivity contribution in [2.45, 2.75) is 4.90 Å². The van der Waals surface area contributed by atoms with E-state index in [9.17, 15) is 0 Å². The van der Waals surface area contributed by atoms with Gasteiger partial charge in [-0.1, -0.05) is 18.2 Å². The molecule has 23 heavy (non-hydrogen) atoms. The number of nitrogens with one attached hydrogen (secondary N) is 3. The van der Waals surface area contributed by atoms with Crippen molar-refractivity contribution in [3.8, 4) is 0 Å². The minimum Gasteiger partial charge on any atom is -0.332 e. The molecule has 2 aromatic carbocycles. The number of para-hydroxylation sites is 1. The molecule has 0 radical (unpaired) electrons. The lowest BCUT2D eigenvalue weighted by Gasteiger charge is -2.11. The Labute approximate surface area is 148 Å². The predicted octanol–water partition coefficient (Wildman–Crippen LogP) is 5.07. The van der Waals surface area contributed by atoms with E-state index in [1.54, 1.807) is 17.5 Å². The van der Waals surface area contributed by atoms with Crippen molar-refractivity contribution in [3.63, 3.8) is 0 Å². The van der Waals surface area contributed by atoms with E-state index < -0.39 is 0 Å². The standard InChI is InChI=1S/C16H14N4S3/c21-15(18-12-4-2-1-3-5-12)19-13-6-8-14(9-7-13)23-20-16-17-10-11-22-16/h1-11H,(H,17,20)(H2,18,19,21). The fourth-order valence-corrected chi connectivity index (χ4v) is 3.25. The number of anilines is 3. The third-order valence-electron chi connectivity index (χ3n) is 2.83. The topological polar surface area (TPSA) is 49.0 Å². The number of hydrogen-bond donors (Lipinski definition) is 3. The van der Waals surface area contributed by atoms with Gasteiger partial charge in [-0.2, -0.15) is 0 Å². The zero-order valence-electron chi connectivity index (χ0n) is 12.0. The van der Waals surface area contributed by atoms with E-state index in [0.717, 1.165) is 21.4 Å². The summed E-state index contributed by atoms with van der Waals surface area (Å²) in [5.74, 6) is 0. The highest BCUT2D eigenvalue weighted by molar-refractivity contribution is 8.00. The molecule has 3 aromatic rings. The van der Waals surface area contributed by atoms with Gasteiger partial charge in [-0.15, -0.1) is 11.3 Å². The van der Waals surface area contributed by atoms with Crippen molar-refractivity contribution in [1.82, 2.24) is 4.98 Å². The van der Waals surface area contributed by atoms with E-state index in [4.69, 9.17) is 12.2 Å². The third-order valence-corrected chi connectivity index (χ3v) is 4.66. The maximum absolute atomic E-state index is 5.31. The first kappa shape index (κ1) is 15.8. The van der Waals surface area contributed by atoms with Crippen LogP contribution in [0, 0.1) is 0 Å². The summed E-state index contributed by atoms with van der Waals surface area (Å²) in [6, 6.07) is 17.9. The van der Waals surface area contributed by atoms with Gasteiger partial charge in [-0.05, 0) is 60.6 Å². The molecule has 0 aliphatic heterocycles. The van der Waals surface area contributed by atoms with Crippen LogP contribution in [0.4, 0.5) is 16.5 Å². The van der Waals surface area contributed by atoms with E-state index in [0.29, 0.717) is 5.11 Å². The zero-order chi connectivity index (χ0) is 15.9. The number of thiocarbonyl (C=S) groups is 1. The van der Waals surface area contributed by atoms with Gasteiger partial charge in [0, 0.05) is 27.8 Å². The largest absolute Gasteiger partial charge is 0.332 e. The summed E-state index contributed by atoms with van der Waals surface area (Å²) < 4.78 is 3.20. The Morgan fingerprint density at radius 1 is 0.957 bits per heavy atom. The highest BCUT2D eigenvalue weighted by Gasteiger charge is 2.00. The summed E-state index contributed by atoms with van der Waals surface area (Å²) in [5.41, 5.74) is 1.90. The van der Waals surface area contributed by atoms with Crippen LogP contribution in [-0.2, 0) is 0 Å². The molecule has 0 aliphatic rings. The minimum absolute atomic E-state index is 0.567. The van der Waals surface area contributed by atoms with Crippen LogP contribution in [0.25, 0.3) is 0 Å². The average Bonchev–Trinajstić information content (AvgIpc) is 3.08. The summed E-state index contributed by atoms with van der Waals surface area (Å²) in [6.45, 7) is 0. The normalized spacial score (nSPS) is 10.1. The molecule has 0 fully saturated rings. The van der Waals surface area contributed by atoms with Crippen LogP contribution in [0.3, 0.4) is 0 Å². The molecule has 0 saturated heterocycles. The van der Waals surface area contributed by atoms with E-state index in [2.05, 4.69) is 20.3 Å². The van der Waals surface area contributed by atoms with Crippen molar-refractivity contribution < 1.29 is 0 Å². The molecule has 3 N–H and O–H groups in total. The maximum atomic E-state index is 5.31. The van der Waals surface area contributed by atoms with Gasteiger partial charge in [0.05, 0.1) is 0 Å². The Balaban J connectivity index is 1.51. The van der Waals surface area contributed by atoms with Gasteiger partial charge < -0.3 is 15.4 Å². The second-order valence-electron chi connectivity index (χ2n) is 4.51. The molecule has 3 rings (SSSR count). The van der Waals surface area contributed by atoms with Gasteiger partial charge in [0.25, 0.3) is 0 Å². The van der Waals surface area contributed by atoms with Gasteiger partial charge >= 0.3 is 0 Å². The molecule has 116 valence electrons. The van der Waals surface area contributed by atoms with Crippen LogP contribution in [-0.4, -0.2) is 10.1 Å². The first-order chi connectivity index (χ1) is 11.3. The lowest BCUT2D eigenvalue weighted by molar-refractivity contribution is 1.41. The number of rotatable bonds is 5. The third kappa shape index (κ3) is 4.95. The molecule has 0 aliphatic carbocycles. The molecule has 0 amide bonds. The molecule has 4 nitrogen and oxygen atoms in total. The van der Waals surface area contributed by atoms with Gasteiger partial charge in [0.1, 0.15) is 0 Å². The van der Waals surface area contributed by atoms with Gasteiger partial charge in [0.15, 0.2) is 10.2 Å². The van der Waals surface area contributed by atoms with Crippen molar-refractivity contribution in [2.24, 2.45) is 0 Å². The lowest BCUT2D eigenvalue weighted by Crippen LogP contribution is -2.18. The van der Waals surface area contributed by atoms with E-state index in [1.165, 1.54) is 11.9 Å². The van der Waals surface area contributed by atoms with Crippen LogP contribution >= 0.6 is 35.5 Å². The SMILES string of the molecule is S=C(Nc1ccccc1)Nc1ccc(SNc2nccs2)cc1. The fraction of sp³-hybridized carbons (Fsp3) is 0. The molecule has 0 unspecified atom stereocenters. The Morgan fingerprint density at radius 3 is 2.30 bits per heavy atom. The molecule has 0 bridgehead atoms. The highest BCUT2D eigenvalue weighted by atomic mass is 32.2. The number of benzene rings is 2. The quantitative estimate of drug-likeness (QED) is 0.437. The molecule has 0 saturated carbocycles. The highest BCUT2D eigenvalue weighted by Crippen LogP contribution is 2.23. The van der Waals surface area contributed by atoms with Crippen molar-refractivity contribution >= 4 is 57.1 Å². The Hall–Kier alpha value is -2.09. The number of thiazole rings is 1. The second kappa shape index (κ2) is 7.96. The van der Waals surface area contributed by atoms with E-state index >= 15 is 0 Å². The van der Waals surface area contributed by atoms with Gasteiger partial charge in [-0.3, -0.25) is 0 Å². The van der Waals surface area contributed by atoms with Crippen LogP contribution in [0.2, 0.25) is 0 Å².